The summed E-state index contributed by atoms with van der Waals surface area (Å²) in [5.41, 5.74) is 0. The van der Waals surface area contributed by atoms with E-state index in [9.17, 15) is 0 Å². The lowest BCUT2D eigenvalue weighted by atomic mass is 12.0. The fourth-order valence-corrected chi connectivity index (χ4v) is 0. The van der Waals surface area contributed by atoms with Gasteiger partial charge in [-0.2, -0.15) is 4.61 Å². The monoisotopic (exact) mass is 107 g/mol. The highest BCUT2D eigenvalue weighted by atomic mass is 32.5. The van der Waals surface area contributed by atoms with Crippen LogP contribution in [0.5, 0.6) is 0 Å². The second kappa shape index (κ2) is 2.47. The van der Waals surface area contributed by atoms with Crippen LogP contribution in [-0.4, -0.2) is 12.9 Å². The first-order valence-corrected chi connectivity index (χ1v) is 4.76. The first-order chi connectivity index (χ1) is 2.27. The number of hydrogen-bond donors (Lipinski definition) is 0. The molecule has 0 spiro atoms. The van der Waals surface area contributed by atoms with Gasteiger partial charge in [0.05, 0.1) is 0 Å². The summed E-state index contributed by atoms with van der Waals surface area (Å²) in [5.74, 6) is 0. The minimum absolute atomic E-state index is 0.350. The number of rotatable bonds is 0. The van der Waals surface area contributed by atoms with E-state index in [1.807, 2.05) is 6.66 Å². The van der Waals surface area contributed by atoms with Crippen molar-refractivity contribution in [1.29, 1.82) is 4.61 Å². The Morgan fingerprint density at radius 2 is 2.00 bits per heavy atom. The summed E-state index contributed by atoms with van der Waals surface area (Å²) in [6.07, 6.45) is 1.79. The molecular weight excluding hydrogens is 101 g/mol. The molecule has 0 atom stereocenters. The van der Waals surface area contributed by atoms with E-state index in [2.05, 4.69) is 0 Å². The highest BCUT2D eigenvalue weighted by Gasteiger charge is 1.47. The van der Waals surface area contributed by atoms with Crippen LogP contribution < -0.4 is 0 Å². The lowest BCUT2D eigenvalue weighted by Gasteiger charge is -1.52. The van der Waals surface area contributed by atoms with Gasteiger partial charge in [0.15, 0.2) is 0 Å². The molecule has 1 nitrogen and oxygen atoms in total. The molecule has 0 fully saturated rings. The van der Waals surface area contributed by atoms with E-state index in [0.29, 0.717) is 0 Å². The van der Waals surface area contributed by atoms with Crippen molar-refractivity contribution >= 4 is 17.1 Å². The van der Waals surface area contributed by atoms with Crippen molar-refractivity contribution in [2.24, 2.45) is 0 Å². The zero-order valence-electron chi connectivity index (χ0n) is 3.30. The fourth-order valence-electron chi connectivity index (χ4n) is 0. The molecular formula is C2H6NPS. The normalized spacial score (nSPS) is 11.8. The summed E-state index contributed by atoms with van der Waals surface area (Å²) in [7, 11) is 0.730. The van der Waals surface area contributed by atoms with Gasteiger partial charge in [-0.05, 0) is 23.7 Å². The second-order valence-electron chi connectivity index (χ2n) is 0.629. The lowest BCUT2D eigenvalue weighted by molar-refractivity contribution is 1.65. The minimum Gasteiger partial charge on any atom is -0.186 e. The van der Waals surface area contributed by atoms with Gasteiger partial charge in [-0.15, -0.1) is 0 Å². The molecule has 0 saturated carbocycles. The second-order valence-corrected chi connectivity index (χ2v) is 4.57. The average Bonchev–Trinajstić information content (AvgIpc) is 1.38. The molecule has 3 heteroatoms. The van der Waals surface area contributed by atoms with Gasteiger partial charge in [-0.25, -0.2) is 0 Å². The first-order valence-electron chi connectivity index (χ1n) is 1.22. The van der Waals surface area contributed by atoms with Gasteiger partial charge in [0.2, 0.25) is 0 Å². The van der Waals surface area contributed by atoms with E-state index in [1.54, 1.807) is 6.26 Å². The summed E-state index contributed by atoms with van der Waals surface area (Å²) in [6, 6.07) is 0. The number of nitrogens with zero attached hydrogens (tertiary/aromatic N) is 1. The smallest absolute Gasteiger partial charge is 0.0242 e. The van der Waals surface area contributed by atoms with Crippen LogP contribution >= 0.6 is 7.36 Å². The van der Waals surface area contributed by atoms with E-state index < -0.39 is 0 Å². The van der Waals surface area contributed by atoms with E-state index in [1.165, 1.54) is 0 Å². The zero-order chi connectivity index (χ0) is 4.28. The van der Waals surface area contributed by atoms with E-state index >= 15 is 0 Å². The van der Waals surface area contributed by atoms with Crippen molar-refractivity contribution in [3.05, 3.63) is 0 Å². The molecule has 30 valence electrons. The van der Waals surface area contributed by atoms with Crippen LogP contribution in [0.2, 0.25) is 0 Å². The Morgan fingerprint density at radius 1 is 1.80 bits per heavy atom. The standard InChI is InChI=1S/C2H6NPS/c1-4-5(2)3/h1-2H3. The van der Waals surface area contributed by atoms with Gasteiger partial charge in [0.25, 0.3) is 0 Å². The van der Waals surface area contributed by atoms with Crippen LogP contribution in [0.1, 0.15) is 0 Å². The maximum absolute atomic E-state index is 8.38. The summed E-state index contributed by atoms with van der Waals surface area (Å²) in [6.45, 7) is 1.93. The molecule has 0 aliphatic heterocycles. The lowest BCUT2D eigenvalue weighted by Crippen LogP contribution is -1.41. The van der Waals surface area contributed by atoms with Crippen molar-refractivity contribution < 1.29 is 0 Å². The molecule has 0 aliphatic carbocycles. The maximum atomic E-state index is 8.38. The average molecular weight is 107 g/mol. The van der Waals surface area contributed by atoms with E-state index in [4.69, 9.17) is 4.61 Å². The van der Waals surface area contributed by atoms with Crippen molar-refractivity contribution in [2.75, 3.05) is 12.9 Å². The van der Waals surface area contributed by atoms with Crippen molar-refractivity contribution in [3.63, 3.8) is 0 Å². The Kier molecular flexibility index (Phi) is 2.58. The molecule has 0 saturated heterocycles. The highest BCUT2D eigenvalue weighted by molar-refractivity contribution is 8.11. The molecule has 0 aliphatic rings. The molecule has 0 rings (SSSR count). The minimum atomic E-state index is -0.350. The number of hydrogen-bond acceptors (Lipinski definition) is 1. The molecule has 0 aromatic carbocycles. The Bertz CT molecular complexity index is 120. The Morgan fingerprint density at radius 3 is 2.00 bits per heavy atom. The molecule has 0 bridgehead atoms. The van der Waals surface area contributed by atoms with Gasteiger partial charge in [0.1, 0.15) is 0 Å². The van der Waals surface area contributed by atoms with Crippen LogP contribution in [0, 0.1) is 4.61 Å². The van der Waals surface area contributed by atoms with E-state index in [0.717, 1.165) is 7.36 Å². The third-order valence-electron chi connectivity index (χ3n) is 0.264. The van der Waals surface area contributed by atoms with Gasteiger partial charge < -0.3 is 0 Å². The molecule has 5 heavy (non-hydrogen) atoms. The van der Waals surface area contributed by atoms with Gasteiger partial charge in [-0.3, -0.25) is 0 Å². The quantitative estimate of drug-likeness (QED) is 0.427. The Balaban J connectivity index is 3.82. The zero-order valence-corrected chi connectivity index (χ0v) is 5.01. The largest absolute Gasteiger partial charge is 0.186 e. The maximum Gasteiger partial charge on any atom is 0.0242 e. The van der Waals surface area contributed by atoms with Crippen LogP contribution in [0.4, 0.5) is 0 Å². The van der Waals surface area contributed by atoms with Crippen LogP contribution in [0.15, 0.2) is 0 Å². The van der Waals surface area contributed by atoms with Crippen LogP contribution in [0.25, 0.3) is 0 Å². The summed E-state index contributed by atoms with van der Waals surface area (Å²) in [4.78, 5) is 0. The summed E-state index contributed by atoms with van der Waals surface area (Å²) < 4.78 is 8.38. The Labute approximate surface area is 35.4 Å². The van der Waals surface area contributed by atoms with Gasteiger partial charge in [0, 0.05) is 6.26 Å². The molecule has 0 unspecified atom stereocenters. The molecule has 0 heterocycles. The van der Waals surface area contributed by atoms with Gasteiger partial charge in [-0.1, -0.05) is 0 Å². The molecule has 0 amide bonds. The predicted octanol–water partition coefficient (Wildman–Crippen LogP) is 1.20. The van der Waals surface area contributed by atoms with Gasteiger partial charge >= 0.3 is 0 Å². The van der Waals surface area contributed by atoms with E-state index in [-0.39, 0.29) is 9.70 Å². The first kappa shape index (κ1) is 5.23. The SMILES string of the molecule is CP=S(C)#N. The van der Waals surface area contributed by atoms with Crippen molar-refractivity contribution in [2.45, 2.75) is 0 Å². The molecule has 0 radical (unpaired) electrons. The summed E-state index contributed by atoms with van der Waals surface area (Å²) in [5, 5.41) is 0. The van der Waals surface area contributed by atoms with Crippen LogP contribution in [0.3, 0.4) is 0 Å². The topological polar surface area (TPSA) is 23.8 Å². The van der Waals surface area contributed by atoms with Crippen molar-refractivity contribution in [1.82, 2.24) is 0 Å². The third kappa shape index (κ3) is 4.23. The fraction of sp³-hybridized carbons (Fsp3) is 1.00. The highest BCUT2D eigenvalue weighted by Crippen LogP contribution is 1.81. The van der Waals surface area contributed by atoms with Crippen molar-refractivity contribution in [3.8, 4) is 0 Å². The molecule has 0 N–H and O–H groups in total. The molecule has 0 aromatic heterocycles. The third-order valence-corrected chi connectivity index (χ3v) is 2.38. The van der Waals surface area contributed by atoms with Crippen LogP contribution in [-0.2, 0) is 9.70 Å². The molecule has 0 aromatic rings. The summed E-state index contributed by atoms with van der Waals surface area (Å²) >= 11 is 0. The Hall–Kier alpha value is 0.230. The predicted molar refractivity (Wildman–Crippen MR) is 27.9 cm³/mol.